The highest BCUT2D eigenvalue weighted by Gasteiger charge is 2.39. The molecule has 0 aromatic heterocycles. The Bertz CT molecular complexity index is 494. The topological polar surface area (TPSA) is 83.6 Å². The highest BCUT2D eigenvalue weighted by atomic mass is 32.2. The Morgan fingerprint density at radius 1 is 1.33 bits per heavy atom. The Morgan fingerprint density at radius 2 is 2.06 bits per heavy atom. The fourth-order valence-corrected chi connectivity index (χ4v) is 6.89. The van der Waals surface area contributed by atoms with Crippen molar-refractivity contribution in [2.24, 2.45) is 0 Å². The van der Waals surface area contributed by atoms with Crippen LogP contribution in [0.3, 0.4) is 0 Å². The summed E-state index contributed by atoms with van der Waals surface area (Å²) in [4.78, 5) is 0. The van der Waals surface area contributed by atoms with Crippen molar-refractivity contribution < 1.29 is 16.8 Å². The van der Waals surface area contributed by atoms with Gasteiger partial charge in [-0.2, -0.15) is 0 Å². The standard InChI is InChI=1S/C10H20N2O4S2/c1-12(7-9-3-2-5-11-9)18(15,16)10-4-6-17(13,14)8-10/h9-11H,2-8H2,1H3. The van der Waals surface area contributed by atoms with Crippen molar-refractivity contribution in [3.05, 3.63) is 0 Å². The average molecular weight is 296 g/mol. The first-order valence-electron chi connectivity index (χ1n) is 6.20. The van der Waals surface area contributed by atoms with Crippen LogP contribution in [-0.4, -0.2) is 64.1 Å². The van der Waals surface area contributed by atoms with E-state index in [0.29, 0.717) is 6.54 Å². The molecular weight excluding hydrogens is 276 g/mol. The van der Waals surface area contributed by atoms with Crippen LogP contribution in [0.15, 0.2) is 0 Å². The number of rotatable bonds is 4. The molecule has 0 amide bonds. The Morgan fingerprint density at radius 3 is 2.56 bits per heavy atom. The number of hydrogen-bond acceptors (Lipinski definition) is 5. The predicted molar refractivity (Wildman–Crippen MR) is 69.6 cm³/mol. The fraction of sp³-hybridized carbons (Fsp3) is 1.00. The first kappa shape index (κ1) is 14.2. The number of sulfone groups is 1. The van der Waals surface area contributed by atoms with E-state index < -0.39 is 25.1 Å². The van der Waals surface area contributed by atoms with E-state index in [-0.39, 0.29) is 24.0 Å². The molecule has 0 bridgehead atoms. The molecule has 6 nitrogen and oxygen atoms in total. The first-order chi connectivity index (χ1) is 8.31. The van der Waals surface area contributed by atoms with Gasteiger partial charge in [-0.3, -0.25) is 0 Å². The van der Waals surface area contributed by atoms with Crippen molar-refractivity contribution in [2.45, 2.75) is 30.6 Å². The molecule has 2 aliphatic heterocycles. The number of hydrogen-bond donors (Lipinski definition) is 1. The molecule has 2 saturated heterocycles. The van der Waals surface area contributed by atoms with Crippen LogP contribution in [0.25, 0.3) is 0 Å². The van der Waals surface area contributed by atoms with Gasteiger partial charge in [-0.15, -0.1) is 0 Å². The lowest BCUT2D eigenvalue weighted by Gasteiger charge is -2.23. The molecule has 0 aromatic rings. The second-order valence-electron chi connectivity index (χ2n) is 5.14. The maximum atomic E-state index is 12.2. The van der Waals surface area contributed by atoms with Gasteiger partial charge in [0, 0.05) is 19.6 Å². The Hall–Kier alpha value is -0.180. The minimum Gasteiger partial charge on any atom is -0.313 e. The molecule has 106 valence electrons. The highest BCUT2D eigenvalue weighted by molar-refractivity contribution is 7.95. The van der Waals surface area contributed by atoms with Crippen molar-refractivity contribution in [2.75, 3.05) is 31.6 Å². The van der Waals surface area contributed by atoms with Crippen molar-refractivity contribution in [1.29, 1.82) is 0 Å². The summed E-state index contributed by atoms with van der Waals surface area (Å²) in [5.74, 6) is -0.232. The minimum absolute atomic E-state index is 0.00752. The molecule has 0 aromatic carbocycles. The third-order valence-corrected chi connectivity index (χ3v) is 7.93. The zero-order valence-corrected chi connectivity index (χ0v) is 12.1. The van der Waals surface area contributed by atoms with Crippen LogP contribution in [0, 0.1) is 0 Å². The Kier molecular flexibility index (Phi) is 4.01. The lowest BCUT2D eigenvalue weighted by molar-refractivity contribution is 0.412. The van der Waals surface area contributed by atoms with Crippen LogP contribution >= 0.6 is 0 Å². The van der Waals surface area contributed by atoms with E-state index in [4.69, 9.17) is 0 Å². The molecular formula is C10H20N2O4S2. The minimum atomic E-state index is -3.48. The van der Waals surface area contributed by atoms with Gasteiger partial charge in [0.15, 0.2) is 9.84 Å². The highest BCUT2D eigenvalue weighted by Crippen LogP contribution is 2.22. The molecule has 18 heavy (non-hydrogen) atoms. The van der Waals surface area contributed by atoms with Crippen molar-refractivity contribution in [1.82, 2.24) is 9.62 Å². The van der Waals surface area contributed by atoms with Crippen molar-refractivity contribution >= 4 is 19.9 Å². The summed E-state index contributed by atoms with van der Waals surface area (Å²) in [6, 6.07) is 0.197. The molecule has 8 heteroatoms. The summed E-state index contributed by atoms with van der Waals surface area (Å²) < 4.78 is 48.5. The van der Waals surface area contributed by atoms with Gasteiger partial charge in [-0.05, 0) is 25.8 Å². The summed E-state index contributed by atoms with van der Waals surface area (Å²) in [5.41, 5.74) is 0. The number of nitrogens with zero attached hydrogens (tertiary/aromatic N) is 1. The summed E-state index contributed by atoms with van der Waals surface area (Å²) >= 11 is 0. The molecule has 2 heterocycles. The zero-order chi connectivity index (χ0) is 13.4. The molecule has 0 saturated carbocycles. The van der Waals surface area contributed by atoms with Gasteiger partial charge in [0.1, 0.15) is 0 Å². The molecule has 2 fully saturated rings. The van der Waals surface area contributed by atoms with E-state index in [1.54, 1.807) is 7.05 Å². The molecule has 2 aliphatic rings. The van der Waals surface area contributed by atoms with Gasteiger partial charge in [0.05, 0.1) is 16.8 Å². The predicted octanol–water partition coefficient (Wildman–Crippen LogP) is -0.813. The summed E-state index contributed by atoms with van der Waals surface area (Å²) in [7, 11) is -5.10. The van der Waals surface area contributed by atoms with E-state index in [2.05, 4.69) is 5.32 Å². The van der Waals surface area contributed by atoms with Crippen molar-refractivity contribution in [3.8, 4) is 0 Å². The summed E-state index contributed by atoms with van der Waals surface area (Å²) in [6.07, 6.45) is 2.27. The van der Waals surface area contributed by atoms with Crippen LogP contribution in [0.1, 0.15) is 19.3 Å². The van der Waals surface area contributed by atoms with Crippen molar-refractivity contribution in [3.63, 3.8) is 0 Å². The summed E-state index contributed by atoms with van der Waals surface area (Å²) in [6.45, 7) is 1.36. The normalized spacial score (nSPS) is 32.1. The lowest BCUT2D eigenvalue weighted by atomic mass is 10.2. The number of likely N-dealkylation sites (N-methyl/N-ethyl adjacent to an activating group) is 1. The SMILES string of the molecule is CN(CC1CCCN1)S(=O)(=O)C1CCS(=O)(=O)C1. The fourth-order valence-electron chi connectivity index (χ4n) is 2.58. The zero-order valence-electron chi connectivity index (χ0n) is 10.5. The van der Waals surface area contributed by atoms with Gasteiger partial charge < -0.3 is 5.32 Å². The second kappa shape index (κ2) is 5.07. The quantitative estimate of drug-likeness (QED) is 0.733. The second-order valence-corrected chi connectivity index (χ2v) is 9.69. The van der Waals surface area contributed by atoms with Gasteiger partial charge in [-0.25, -0.2) is 21.1 Å². The average Bonchev–Trinajstić information content (AvgIpc) is 2.87. The number of nitrogens with one attached hydrogen (secondary N) is 1. The number of sulfonamides is 1. The monoisotopic (exact) mass is 296 g/mol. The molecule has 2 unspecified atom stereocenters. The molecule has 0 radical (unpaired) electrons. The third kappa shape index (κ3) is 3.04. The Labute approximate surface area is 109 Å². The molecule has 0 spiro atoms. The maximum Gasteiger partial charge on any atom is 0.217 e. The van der Waals surface area contributed by atoms with E-state index in [0.717, 1.165) is 19.4 Å². The van der Waals surface area contributed by atoms with E-state index in [9.17, 15) is 16.8 Å². The molecule has 2 atom stereocenters. The molecule has 2 rings (SSSR count). The van der Waals surface area contributed by atoms with Crippen LogP contribution in [0.5, 0.6) is 0 Å². The van der Waals surface area contributed by atoms with Crippen LogP contribution < -0.4 is 5.32 Å². The lowest BCUT2D eigenvalue weighted by Crippen LogP contribution is -2.43. The van der Waals surface area contributed by atoms with Gasteiger partial charge >= 0.3 is 0 Å². The largest absolute Gasteiger partial charge is 0.313 e. The summed E-state index contributed by atoms with van der Waals surface area (Å²) in [5, 5.41) is 2.49. The van der Waals surface area contributed by atoms with E-state index >= 15 is 0 Å². The van der Waals surface area contributed by atoms with Crippen LogP contribution in [0.2, 0.25) is 0 Å². The van der Waals surface area contributed by atoms with E-state index in [1.807, 2.05) is 0 Å². The maximum absolute atomic E-state index is 12.2. The molecule has 1 N–H and O–H groups in total. The molecule has 0 aliphatic carbocycles. The third-order valence-electron chi connectivity index (χ3n) is 3.69. The van der Waals surface area contributed by atoms with Gasteiger partial charge in [-0.1, -0.05) is 0 Å². The smallest absolute Gasteiger partial charge is 0.217 e. The van der Waals surface area contributed by atoms with Gasteiger partial charge in [0.2, 0.25) is 10.0 Å². The van der Waals surface area contributed by atoms with E-state index in [1.165, 1.54) is 4.31 Å². The first-order valence-corrected chi connectivity index (χ1v) is 9.53. The van der Waals surface area contributed by atoms with Gasteiger partial charge in [0.25, 0.3) is 0 Å². The Balaban J connectivity index is 2.01. The van der Waals surface area contributed by atoms with Crippen LogP contribution in [-0.2, 0) is 19.9 Å². The van der Waals surface area contributed by atoms with Crippen LogP contribution in [0.4, 0.5) is 0 Å².